The summed E-state index contributed by atoms with van der Waals surface area (Å²) in [7, 11) is 0. The molecule has 1 saturated heterocycles. The van der Waals surface area contributed by atoms with Crippen molar-refractivity contribution in [2.45, 2.75) is 39.5 Å². The molecular formula is C20H25N3O2. The summed E-state index contributed by atoms with van der Waals surface area (Å²) >= 11 is 0. The Hall–Kier alpha value is -2.43. The number of fused-ring (bicyclic) bond motifs is 1. The third-order valence-corrected chi connectivity index (χ3v) is 4.92. The molecule has 0 spiro atoms. The highest BCUT2D eigenvalue weighted by Crippen LogP contribution is 2.22. The first-order chi connectivity index (χ1) is 12.1. The molecule has 0 unspecified atom stereocenters. The highest BCUT2D eigenvalue weighted by atomic mass is 16.2. The van der Waals surface area contributed by atoms with E-state index >= 15 is 0 Å². The van der Waals surface area contributed by atoms with Crippen molar-refractivity contribution in [1.29, 1.82) is 0 Å². The minimum atomic E-state index is 0.0102. The van der Waals surface area contributed by atoms with Gasteiger partial charge in [-0.3, -0.25) is 14.6 Å². The van der Waals surface area contributed by atoms with Gasteiger partial charge < -0.3 is 10.2 Å². The molecule has 3 rings (SSSR count). The number of hydrogen-bond acceptors (Lipinski definition) is 3. The normalized spacial score (nSPS) is 14.3. The molecule has 1 aromatic carbocycles. The van der Waals surface area contributed by atoms with Crippen LogP contribution in [0.5, 0.6) is 0 Å². The van der Waals surface area contributed by atoms with Gasteiger partial charge in [-0.2, -0.15) is 0 Å². The standard InChI is InChI=1S/C20H25N3O2/c1-14-16-7-3-4-8-18(16)22-15(2)17(14)13-19(24)21-10-6-12-23-11-5-9-20(23)25/h3-4,7-8H,5-6,9-13H2,1-2H3,(H,21,24). The van der Waals surface area contributed by atoms with Crippen LogP contribution >= 0.6 is 0 Å². The van der Waals surface area contributed by atoms with Crippen LogP contribution in [0.3, 0.4) is 0 Å². The van der Waals surface area contributed by atoms with Gasteiger partial charge in [0.25, 0.3) is 0 Å². The van der Waals surface area contributed by atoms with E-state index in [0.717, 1.165) is 53.7 Å². The molecule has 2 heterocycles. The molecule has 1 aliphatic rings. The van der Waals surface area contributed by atoms with Crippen molar-refractivity contribution in [2.24, 2.45) is 0 Å². The average Bonchev–Trinajstić information content (AvgIpc) is 3.00. The second-order valence-corrected chi connectivity index (χ2v) is 6.68. The molecule has 0 bridgehead atoms. The Morgan fingerprint density at radius 1 is 1.28 bits per heavy atom. The van der Waals surface area contributed by atoms with Gasteiger partial charge in [0, 0.05) is 37.1 Å². The second-order valence-electron chi connectivity index (χ2n) is 6.68. The molecule has 5 nitrogen and oxygen atoms in total. The van der Waals surface area contributed by atoms with Crippen molar-refractivity contribution in [3.05, 3.63) is 41.1 Å². The Bertz CT molecular complexity index is 801. The monoisotopic (exact) mass is 339 g/mol. The number of rotatable bonds is 6. The Kier molecular flexibility index (Phi) is 5.31. The van der Waals surface area contributed by atoms with E-state index in [1.807, 2.05) is 36.1 Å². The molecule has 0 atom stereocenters. The fourth-order valence-electron chi connectivity index (χ4n) is 3.49. The van der Waals surface area contributed by atoms with Gasteiger partial charge in [0.1, 0.15) is 0 Å². The molecule has 1 N–H and O–H groups in total. The third-order valence-electron chi connectivity index (χ3n) is 4.92. The number of para-hydroxylation sites is 1. The van der Waals surface area contributed by atoms with Crippen molar-refractivity contribution in [1.82, 2.24) is 15.2 Å². The maximum Gasteiger partial charge on any atom is 0.224 e. The summed E-state index contributed by atoms with van der Waals surface area (Å²) in [5.74, 6) is 0.246. The zero-order valence-corrected chi connectivity index (χ0v) is 15.0. The predicted octanol–water partition coefficient (Wildman–Crippen LogP) is 2.52. The largest absolute Gasteiger partial charge is 0.356 e. The maximum absolute atomic E-state index is 12.3. The molecular weight excluding hydrogens is 314 g/mol. The molecule has 1 aliphatic heterocycles. The molecule has 2 amide bonds. The van der Waals surface area contributed by atoms with Crippen LogP contribution in [0.4, 0.5) is 0 Å². The fourth-order valence-corrected chi connectivity index (χ4v) is 3.49. The quantitative estimate of drug-likeness (QED) is 0.823. The molecule has 0 saturated carbocycles. The Morgan fingerprint density at radius 2 is 2.08 bits per heavy atom. The average molecular weight is 339 g/mol. The molecule has 25 heavy (non-hydrogen) atoms. The van der Waals surface area contributed by atoms with Crippen molar-refractivity contribution >= 4 is 22.7 Å². The van der Waals surface area contributed by atoms with Gasteiger partial charge in [0.2, 0.25) is 11.8 Å². The van der Waals surface area contributed by atoms with Gasteiger partial charge >= 0.3 is 0 Å². The topological polar surface area (TPSA) is 62.3 Å². The molecule has 2 aromatic rings. The molecule has 0 radical (unpaired) electrons. The summed E-state index contributed by atoms with van der Waals surface area (Å²) < 4.78 is 0. The lowest BCUT2D eigenvalue weighted by Crippen LogP contribution is -2.31. The van der Waals surface area contributed by atoms with Gasteiger partial charge in [-0.25, -0.2) is 0 Å². The summed E-state index contributed by atoms with van der Waals surface area (Å²) in [5.41, 5.74) is 4.01. The number of hydrogen-bond donors (Lipinski definition) is 1. The molecule has 132 valence electrons. The van der Waals surface area contributed by atoms with E-state index in [1.54, 1.807) is 0 Å². The zero-order chi connectivity index (χ0) is 17.8. The minimum absolute atomic E-state index is 0.0102. The lowest BCUT2D eigenvalue weighted by atomic mass is 9.99. The number of benzene rings is 1. The highest BCUT2D eigenvalue weighted by Gasteiger charge is 2.19. The van der Waals surface area contributed by atoms with Crippen LogP contribution in [0.1, 0.15) is 36.1 Å². The van der Waals surface area contributed by atoms with Crippen LogP contribution in [-0.4, -0.2) is 41.3 Å². The number of carbonyl (C=O) groups is 2. The first kappa shape index (κ1) is 17.4. The number of aromatic nitrogens is 1. The van der Waals surface area contributed by atoms with Crippen LogP contribution in [0.25, 0.3) is 10.9 Å². The van der Waals surface area contributed by atoms with Gasteiger partial charge in [0.15, 0.2) is 0 Å². The van der Waals surface area contributed by atoms with Crippen LogP contribution < -0.4 is 5.32 Å². The highest BCUT2D eigenvalue weighted by molar-refractivity contribution is 5.86. The smallest absolute Gasteiger partial charge is 0.224 e. The number of nitrogens with one attached hydrogen (secondary N) is 1. The van der Waals surface area contributed by atoms with E-state index in [2.05, 4.69) is 17.2 Å². The van der Waals surface area contributed by atoms with Crippen LogP contribution in [0.15, 0.2) is 24.3 Å². The van der Waals surface area contributed by atoms with Gasteiger partial charge in [-0.05, 0) is 43.9 Å². The van der Waals surface area contributed by atoms with E-state index in [1.165, 1.54) is 0 Å². The second kappa shape index (κ2) is 7.64. The number of amides is 2. The number of pyridine rings is 1. The van der Waals surface area contributed by atoms with Crippen LogP contribution in [-0.2, 0) is 16.0 Å². The zero-order valence-electron chi connectivity index (χ0n) is 15.0. The van der Waals surface area contributed by atoms with Crippen molar-refractivity contribution in [2.75, 3.05) is 19.6 Å². The van der Waals surface area contributed by atoms with E-state index in [0.29, 0.717) is 19.4 Å². The third kappa shape index (κ3) is 3.98. The van der Waals surface area contributed by atoms with Gasteiger partial charge in [0.05, 0.1) is 11.9 Å². The summed E-state index contributed by atoms with van der Waals surface area (Å²) in [6.45, 7) is 6.20. The summed E-state index contributed by atoms with van der Waals surface area (Å²) in [6, 6.07) is 8.02. The molecule has 1 aromatic heterocycles. The Balaban J connectivity index is 1.56. The van der Waals surface area contributed by atoms with E-state index in [4.69, 9.17) is 0 Å². The first-order valence-corrected chi connectivity index (χ1v) is 8.95. The minimum Gasteiger partial charge on any atom is -0.356 e. The molecule has 1 fully saturated rings. The number of carbonyl (C=O) groups excluding carboxylic acids is 2. The van der Waals surface area contributed by atoms with E-state index in [9.17, 15) is 9.59 Å². The predicted molar refractivity (Wildman–Crippen MR) is 98.4 cm³/mol. The number of nitrogens with zero attached hydrogens (tertiary/aromatic N) is 2. The van der Waals surface area contributed by atoms with Crippen LogP contribution in [0.2, 0.25) is 0 Å². The summed E-state index contributed by atoms with van der Waals surface area (Å²) in [4.78, 5) is 30.4. The molecule has 5 heteroatoms. The van der Waals surface area contributed by atoms with Gasteiger partial charge in [-0.1, -0.05) is 18.2 Å². The molecule has 0 aliphatic carbocycles. The number of likely N-dealkylation sites (tertiary alicyclic amines) is 1. The van der Waals surface area contributed by atoms with Crippen molar-refractivity contribution in [3.8, 4) is 0 Å². The SMILES string of the molecule is Cc1nc2ccccc2c(C)c1CC(=O)NCCCN1CCCC1=O. The van der Waals surface area contributed by atoms with Crippen LogP contribution in [0, 0.1) is 13.8 Å². The Morgan fingerprint density at radius 3 is 2.84 bits per heavy atom. The van der Waals surface area contributed by atoms with Crippen molar-refractivity contribution < 1.29 is 9.59 Å². The number of aryl methyl sites for hydroxylation is 2. The lowest BCUT2D eigenvalue weighted by molar-refractivity contribution is -0.127. The summed E-state index contributed by atoms with van der Waals surface area (Å²) in [5, 5.41) is 4.07. The fraction of sp³-hybridized carbons (Fsp3) is 0.450. The van der Waals surface area contributed by atoms with E-state index in [-0.39, 0.29) is 11.8 Å². The van der Waals surface area contributed by atoms with Gasteiger partial charge in [-0.15, -0.1) is 0 Å². The first-order valence-electron chi connectivity index (χ1n) is 8.95. The summed E-state index contributed by atoms with van der Waals surface area (Å²) in [6.07, 6.45) is 2.77. The van der Waals surface area contributed by atoms with E-state index < -0.39 is 0 Å². The lowest BCUT2D eigenvalue weighted by Gasteiger charge is -2.16. The maximum atomic E-state index is 12.3. The van der Waals surface area contributed by atoms with Crippen molar-refractivity contribution in [3.63, 3.8) is 0 Å². The Labute approximate surface area is 148 Å².